The SMILES string of the molecule is NC1(c2c[nH]c3ncnc(Cl)c23)CC1. The highest BCUT2D eigenvalue weighted by Crippen LogP contribution is 2.46. The van der Waals surface area contributed by atoms with Crippen molar-refractivity contribution in [1.29, 1.82) is 0 Å². The molecule has 2 aromatic rings. The topological polar surface area (TPSA) is 67.6 Å². The fourth-order valence-corrected chi connectivity index (χ4v) is 1.96. The highest BCUT2D eigenvalue weighted by Gasteiger charge is 2.42. The van der Waals surface area contributed by atoms with Crippen LogP contribution in [0.25, 0.3) is 11.0 Å². The number of nitrogens with zero attached hydrogens (tertiary/aromatic N) is 2. The Bertz CT molecular complexity index is 500. The molecule has 0 amide bonds. The van der Waals surface area contributed by atoms with Gasteiger partial charge in [0.2, 0.25) is 0 Å². The molecule has 0 aliphatic heterocycles. The third-order valence-electron chi connectivity index (χ3n) is 2.75. The minimum absolute atomic E-state index is 0.202. The molecule has 0 spiro atoms. The van der Waals surface area contributed by atoms with Gasteiger partial charge >= 0.3 is 0 Å². The van der Waals surface area contributed by atoms with Crippen LogP contribution in [0.1, 0.15) is 18.4 Å². The van der Waals surface area contributed by atoms with Gasteiger partial charge in [-0.2, -0.15) is 0 Å². The lowest BCUT2D eigenvalue weighted by atomic mass is 10.1. The van der Waals surface area contributed by atoms with E-state index in [0.717, 1.165) is 29.4 Å². The first-order valence-electron chi connectivity index (χ1n) is 4.48. The van der Waals surface area contributed by atoms with Crippen molar-refractivity contribution < 1.29 is 0 Å². The van der Waals surface area contributed by atoms with Crippen LogP contribution in [-0.2, 0) is 5.54 Å². The van der Waals surface area contributed by atoms with E-state index in [4.69, 9.17) is 17.3 Å². The van der Waals surface area contributed by atoms with Crippen LogP contribution in [-0.4, -0.2) is 15.0 Å². The van der Waals surface area contributed by atoms with E-state index < -0.39 is 0 Å². The van der Waals surface area contributed by atoms with Gasteiger partial charge in [-0.15, -0.1) is 0 Å². The molecule has 3 rings (SSSR count). The zero-order valence-electron chi connectivity index (χ0n) is 7.42. The molecule has 0 saturated heterocycles. The Kier molecular flexibility index (Phi) is 1.44. The van der Waals surface area contributed by atoms with Gasteiger partial charge < -0.3 is 10.7 Å². The monoisotopic (exact) mass is 208 g/mol. The number of halogens is 1. The van der Waals surface area contributed by atoms with Gasteiger partial charge in [-0.25, -0.2) is 9.97 Å². The quantitative estimate of drug-likeness (QED) is 0.699. The Morgan fingerprint density at radius 2 is 2.21 bits per heavy atom. The second kappa shape index (κ2) is 2.46. The molecular formula is C9H9ClN4. The number of nitrogens with one attached hydrogen (secondary N) is 1. The summed E-state index contributed by atoms with van der Waals surface area (Å²) in [4.78, 5) is 11.1. The minimum atomic E-state index is -0.202. The van der Waals surface area contributed by atoms with Gasteiger partial charge in [0.15, 0.2) is 0 Å². The van der Waals surface area contributed by atoms with Gasteiger partial charge in [0.1, 0.15) is 17.1 Å². The summed E-state index contributed by atoms with van der Waals surface area (Å²) >= 11 is 6.01. The van der Waals surface area contributed by atoms with Crippen molar-refractivity contribution >= 4 is 22.6 Å². The van der Waals surface area contributed by atoms with Gasteiger partial charge in [-0.1, -0.05) is 11.6 Å². The number of hydrogen-bond donors (Lipinski definition) is 2. The minimum Gasteiger partial charge on any atom is -0.346 e. The predicted octanol–water partition coefficient (Wildman–Crippen LogP) is 1.56. The number of aromatic amines is 1. The Labute approximate surface area is 85.5 Å². The zero-order chi connectivity index (χ0) is 9.76. The first-order chi connectivity index (χ1) is 6.71. The van der Waals surface area contributed by atoms with E-state index in [-0.39, 0.29) is 5.54 Å². The van der Waals surface area contributed by atoms with Crippen LogP contribution in [0.2, 0.25) is 5.15 Å². The van der Waals surface area contributed by atoms with Gasteiger partial charge in [0.25, 0.3) is 0 Å². The summed E-state index contributed by atoms with van der Waals surface area (Å²) in [5.74, 6) is 0. The summed E-state index contributed by atoms with van der Waals surface area (Å²) in [6.45, 7) is 0. The smallest absolute Gasteiger partial charge is 0.142 e. The highest BCUT2D eigenvalue weighted by atomic mass is 35.5. The summed E-state index contributed by atoms with van der Waals surface area (Å²) < 4.78 is 0. The first-order valence-corrected chi connectivity index (χ1v) is 4.85. The largest absolute Gasteiger partial charge is 0.346 e. The molecule has 2 aromatic heterocycles. The van der Waals surface area contributed by atoms with Crippen LogP contribution in [0.4, 0.5) is 0 Å². The Balaban J connectivity index is 2.35. The fraction of sp³-hybridized carbons (Fsp3) is 0.333. The molecule has 1 aliphatic carbocycles. The third-order valence-corrected chi connectivity index (χ3v) is 3.04. The van der Waals surface area contributed by atoms with Crippen molar-refractivity contribution in [3.05, 3.63) is 23.2 Å². The summed E-state index contributed by atoms with van der Waals surface area (Å²) in [6.07, 6.45) is 5.34. The number of H-pyrrole nitrogens is 1. The maximum absolute atomic E-state index is 6.11. The standard InChI is InChI=1S/C9H9ClN4/c10-7-6-5(9(11)1-2-9)3-12-8(6)14-4-13-7/h3-4H,1-2,11H2,(H,12,13,14). The molecule has 0 unspecified atom stereocenters. The van der Waals surface area contributed by atoms with E-state index in [1.54, 1.807) is 0 Å². The number of hydrogen-bond acceptors (Lipinski definition) is 3. The lowest BCUT2D eigenvalue weighted by Gasteiger charge is -2.06. The van der Waals surface area contributed by atoms with Crippen molar-refractivity contribution in [3.63, 3.8) is 0 Å². The molecule has 2 heterocycles. The molecule has 72 valence electrons. The number of aromatic nitrogens is 3. The van der Waals surface area contributed by atoms with Crippen molar-refractivity contribution in [2.24, 2.45) is 5.73 Å². The molecule has 1 fully saturated rings. The first kappa shape index (κ1) is 8.20. The molecular weight excluding hydrogens is 200 g/mol. The van der Waals surface area contributed by atoms with Crippen LogP contribution >= 0.6 is 11.6 Å². The van der Waals surface area contributed by atoms with Gasteiger partial charge in [-0.05, 0) is 12.8 Å². The maximum atomic E-state index is 6.11. The lowest BCUT2D eigenvalue weighted by Crippen LogP contribution is -2.18. The zero-order valence-corrected chi connectivity index (χ0v) is 8.17. The maximum Gasteiger partial charge on any atom is 0.142 e. The van der Waals surface area contributed by atoms with Crippen LogP contribution in [0.15, 0.2) is 12.5 Å². The van der Waals surface area contributed by atoms with Gasteiger partial charge in [0.05, 0.1) is 5.39 Å². The molecule has 0 radical (unpaired) electrons. The van der Waals surface area contributed by atoms with Crippen molar-refractivity contribution in [2.45, 2.75) is 18.4 Å². The Hall–Kier alpha value is -1.13. The molecule has 4 nitrogen and oxygen atoms in total. The fourth-order valence-electron chi connectivity index (χ4n) is 1.72. The Morgan fingerprint density at radius 3 is 2.93 bits per heavy atom. The predicted molar refractivity (Wildman–Crippen MR) is 54.0 cm³/mol. The molecule has 1 saturated carbocycles. The second-order valence-electron chi connectivity index (χ2n) is 3.75. The van der Waals surface area contributed by atoms with Crippen LogP contribution in [0, 0.1) is 0 Å². The van der Waals surface area contributed by atoms with E-state index >= 15 is 0 Å². The number of nitrogens with two attached hydrogens (primary N) is 1. The van der Waals surface area contributed by atoms with Crippen LogP contribution in [0.3, 0.4) is 0 Å². The lowest BCUT2D eigenvalue weighted by molar-refractivity contribution is 0.747. The van der Waals surface area contributed by atoms with Crippen LogP contribution < -0.4 is 5.73 Å². The van der Waals surface area contributed by atoms with Gasteiger partial charge in [0, 0.05) is 17.3 Å². The van der Waals surface area contributed by atoms with Gasteiger partial charge in [-0.3, -0.25) is 0 Å². The number of fused-ring (bicyclic) bond motifs is 1. The highest BCUT2D eigenvalue weighted by molar-refractivity contribution is 6.34. The molecule has 5 heteroatoms. The second-order valence-corrected chi connectivity index (χ2v) is 4.10. The van der Waals surface area contributed by atoms with E-state index in [2.05, 4.69) is 15.0 Å². The van der Waals surface area contributed by atoms with E-state index in [1.165, 1.54) is 6.33 Å². The van der Waals surface area contributed by atoms with Crippen molar-refractivity contribution in [1.82, 2.24) is 15.0 Å². The van der Waals surface area contributed by atoms with Crippen LogP contribution in [0.5, 0.6) is 0 Å². The molecule has 0 bridgehead atoms. The normalized spacial score (nSPS) is 18.7. The van der Waals surface area contributed by atoms with E-state index in [0.29, 0.717) is 5.15 Å². The summed E-state index contributed by atoms with van der Waals surface area (Å²) in [6, 6.07) is 0. The summed E-state index contributed by atoms with van der Waals surface area (Å²) in [5, 5.41) is 1.34. The molecule has 3 N–H and O–H groups in total. The average molecular weight is 209 g/mol. The molecule has 0 aromatic carbocycles. The Morgan fingerprint density at radius 1 is 1.43 bits per heavy atom. The third kappa shape index (κ3) is 0.980. The van der Waals surface area contributed by atoms with Crippen molar-refractivity contribution in [2.75, 3.05) is 0 Å². The molecule has 1 aliphatic rings. The summed E-state index contributed by atoms with van der Waals surface area (Å²) in [7, 11) is 0. The van der Waals surface area contributed by atoms with Crippen molar-refractivity contribution in [3.8, 4) is 0 Å². The summed E-state index contributed by atoms with van der Waals surface area (Å²) in [5.41, 5.74) is 7.71. The molecule has 0 atom stereocenters. The average Bonchev–Trinajstić information content (AvgIpc) is 2.77. The number of rotatable bonds is 1. The van der Waals surface area contributed by atoms with E-state index in [9.17, 15) is 0 Å². The van der Waals surface area contributed by atoms with E-state index in [1.807, 2.05) is 6.20 Å². The molecule has 14 heavy (non-hydrogen) atoms.